The first-order valence-corrected chi connectivity index (χ1v) is 12.3. The van der Waals surface area contributed by atoms with Crippen LogP contribution in [0.2, 0.25) is 0 Å². The molecule has 28 heavy (non-hydrogen) atoms. The molecule has 1 saturated carbocycles. The van der Waals surface area contributed by atoms with Crippen LogP contribution >= 0.6 is 23.5 Å². The first-order chi connectivity index (χ1) is 13.5. The van der Waals surface area contributed by atoms with Crippen LogP contribution in [0, 0.1) is 18.8 Å². The molecule has 1 aromatic carbocycles. The normalized spacial score (nSPS) is 22.2. The number of oxazole rings is 1. The van der Waals surface area contributed by atoms with E-state index in [1.807, 2.05) is 19.1 Å². The lowest BCUT2D eigenvalue weighted by Gasteiger charge is -2.34. The Kier molecular flexibility index (Phi) is 7.52. The summed E-state index contributed by atoms with van der Waals surface area (Å²) in [6, 6.07) is 8.54. The lowest BCUT2D eigenvalue weighted by Crippen LogP contribution is -2.44. The molecular formula is C22H30N2O2S2. The Hall–Kier alpha value is -1.40. The first kappa shape index (κ1) is 21.3. The van der Waals surface area contributed by atoms with Crippen LogP contribution in [0.3, 0.4) is 0 Å². The molecule has 0 unspecified atom stereocenters. The number of aromatic nitrogens is 1. The van der Waals surface area contributed by atoms with Crippen molar-refractivity contribution in [3.63, 3.8) is 0 Å². The van der Waals surface area contributed by atoms with E-state index in [-0.39, 0.29) is 5.91 Å². The fourth-order valence-electron chi connectivity index (χ4n) is 3.69. The largest absolute Gasteiger partial charge is 0.441 e. The zero-order valence-electron chi connectivity index (χ0n) is 17.2. The Morgan fingerprint density at radius 1 is 1.25 bits per heavy atom. The maximum absolute atomic E-state index is 12.3. The van der Waals surface area contributed by atoms with Crippen molar-refractivity contribution in [1.29, 1.82) is 0 Å². The Labute approximate surface area is 176 Å². The highest BCUT2D eigenvalue weighted by Crippen LogP contribution is 2.30. The van der Waals surface area contributed by atoms with E-state index >= 15 is 0 Å². The molecule has 1 aliphatic rings. The van der Waals surface area contributed by atoms with Crippen LogP contribution in [0.15, 0.2) is 33.6 Å². The minimum atomic E-state index is 0.130. The van der Waals surface area contributed by atoms with E-state index in [1.165, 1.54) is 17.7 Å². The molecule has 0 aliphatic heterocycles. The number of amides is 1. The third-order valence-electron chi connectivity index (χ3n) is 5.75. The maximum atomic E-state index is 12.3. The number of carbonyl (C=O) groups is 1. The smallest absolute Gasteiger partial charge is 0.230 e. The monoisotopic (exact) mass is 418 g/mol. The molecule has 0 saturated heterocycles. The van der Waals surface area contributed by atoms with Gasteiger partial charge in [0.1, 0.15) is 5.76 Å². The Morgan fingerprint density at radius 3 is 2.71 bits per heavy atom. The first-order valence-electron chi connectivity index (χ1n) is 9.95. The second kappa shape index (κ2) is 9.88. The van der Waals surface area contributed by atoms with E-state index in [4.69, 9.17) is 4.42 Å². The summed E-state index contributed by atoms with van der Waals surface area (Å²) in [7, 11) is 0. The molecule has 1 fully saturated rings. The predicted octanol–water partition coefficient (Wildman–Crippen LogP) is 5.55. The second-order valence-corrected chi connectivity index (χ2v) is 9.55. The summed E-state index contributed by atoms with van der Waals surface area (Å²) in [4.78, 5) is 18.2. The van der Waals surface area contributed by atoms with Crippen molar-refractivity contribution in [2.45, 2.75) is 56.7 Å². The van der Waals surface area contributed by atoms with Crippen molar-refractivity contribution in [1.82, 2.24) is 10.3 Å². The molecule has 3 rings (SSSR count). The molecule has 4 nitrogen and oxygen atoms in total. The van der Waals surface area contributed by atoms with Gasteiger partial charge in [-0.2, -0.15) is 0 Å². The number of aryl methyl sites for hydroxylation is 1. The number of nitrogens with zero attached hydrogens (tertiary/aromatic N) is 1. The number of thioether (sulfide) groups is 2. The molecule has 1 aliphatic carbocycles. The Balaban J connectivity index is 1.50. The van der Waals surface area contributed by atoms with Gasteiger partial charge in [-0.1, -0.05) is 26.7 Å². The molecular weight excluding hydrogens is 388 g/mol. The quantitative estimate of drug-likeness (QED) is 0.598. The van der Waals surface area contributed by atoms with Crippen molar-refractivity contribution in [2.75, 3.05) is 12.0 Å². The van der Waals surface area contributed by atoms with Crippen molar-refractivity contribution in [3.8, 4) is 11.5 Å². The number of hydrogen-bond donors (Lipinski definition) is 1. The Morgan fingerprint density at radius 2 is 2.00 bits per heavy atom. The van der Waals surface area contributed by atoms with E-state index in [2.05, 4.69) is 42.5 Å². The molecule has 3 atom stereocenters. The van der Waals surface area contributed by atoms with Crippen molar-refractivity contribution in [3.05, 3.63) is 35.7 Å². The standard InChI is InChI=1S/C22H30N2O2S2/c1-14-6-5-7-19(15(14)2)23-21(25)13-28-12-20-16(3)26-22(24-20)17-8-10-18(27-4)11-9-17/h8-11,14-15,19H,5-7,12-13H2,1-4H3,(H,23,25)/t14-,15-,19-/m1/s1. The topological polar surface area (TPSA) is 55.1 Å². The van der Waals surface area contributed by atoms with Crippen LogP contribution in [0.5, 0.6) is 0 Å². The van der Waals surface area contributed by atoms with E-state index in [0.29, 0.717) is 35.3 Å². The third-order valence-corrected chi connectivity index (χ3v) is 7.44. The average molecular weight is 419 g/mol. The van der Waals surface area contributed by atoms with Gasteiger partial charge >= 0.3 is 0 Å². The molecule has 1 N–H and O–H groups in total. The highest BCUT2D eigenvalue weighted by molar-refractivity contribution is 7.99. The summed E-state index contributed by atoms with van der Waals surface area (Å²) < 4.78 is 5.85. The van der Waals surface area contributed by atoms with Gasteiger partial charge in [0.2, 0.25) is 11.8 Å². The minimum Gasteiger partial charge on any atom is -0.441 e. The van der Waals surface area contributed by atoms with Crippen molar-refractivity contribution >= 4 is 29.4 Å². The highest BCUT2D eigenvalue weighted by atomic mass is 32.2. The highest BCUT2D eigenvalue weighted by Gasteiger charge is 2.28. The van der Waals surface area contributed by atoms with Gasteiger partial charge in [0, 0.05) is 22.3 Å². The zero-order chi connectivity index (χ0) is 20.1. The SMILES string of the molecule is CSc1ccc(-c2nc(CSCC(=O)N[C@@H]3CCC[C@@H](C)[C@H]3C)c(C)o2)cc1. The zero-order valence-corrected chi connectivity index (χ0v) is 18.8. The lowest BCUT2D eigenvalue weighted by atomic mass is 9.78. The van der Waals surface area contributed by atoms with Gasteiger partial charge in [-0.05, 0) is 55.7 Å². The number of carbonyl (C=O) groups excluding carboxylic acids is 1. The van der Waals surface area contributed by atoms with Gasteiger partial charge in [-0.3, -0.25) is 4.79 Å². The van der Waals surface area contributed by atoms with Crippen LogP contribution in [0.25, 0.3) is 11.5 Å². The fourth-order valence-corrected chi connectivity index (χ4v) is 4.93. The summed E-state index contributed by atoms with van der Waals surface area (Å²) in [5, 5.41) is 3.24. The van der Waals surface area contributed by atoms with Crippen LogP contribution in [0.1, 0.15) is 44.6 Å². The molecule has 1 heterocycles. The summed E-state index contributed by atoms with van der Waals surface area (Å²) in [6.45, 7) is 6.49. The van der Waals surface area contributed by atoms with Crippen molar-refractivity contribution < 1.29 is 9.21 Å². The Bertz CT molecular complexity index is 788. The van der Waals surface area contributed by atoms with Gasteiger partial charge in [0.05, 0.1) is 11.4 Å². The number of benzene rings is 1. The fraction of sp³-hybridized carbons (Fsp3) is 0.545. The molecule has 0 bridgehead atoms. The van der Waals surface area contributed by atoms with E-state index in [1.54, 1.807) is 23.5 Å². The van der Waals surface area contributed by atoms with Gasteiger partial charge < -0.3 is 9.73 Å². The molecule has 152 valence electrons. The average Bonchev–Trinajstić information content (AvgIpc) is 3.06. The summed E-state index contributed by atoms with van der Waals surface area (Å²) in [5.41, 5.74) is 1.90. The maximum Gasteiger partial charge on any atom is 0.230 e. The molecule has 1 amide bonds. The molecule has 6 heteroatoms. The minimum absolute atomic E-state index is 0.130. The van der Waals surface area contributed by atoms with E-state index < -0.39 is 0 Å². The van der Waals surface area contributed by atoms with Gasteiger partial charge in [0.25, 0.3) is 0 Å². The number of nitrogens with one attached hydrogen (secondary N) is 1. The number of rotatable bonds is 7. The van der Waals surface area contributed by atoms with Gasteiger partial charge in [0.15, 0.2) is 0 Å². The molecule has 1 aromatic heterocycles. The summed E-state index contributed by atoms with van der Waals surface area (Å²) in [5.74, 6) is 3.99. The number of hydrogen-bond acceptors (Lipinski definition) is 5. The van der Waals surface area contributed by atoms with Crippen LogP contribution < -0.4 is 5.32 Å². The van der Waals surface area contributed by atoms with Gasteiger partial charge in [-0.25, -0.2) is 4.98 Å². The molecule has 0 spiro atoms. The van der Waals surface area contributed by atoms with E-state index in [9.17, 15) is 4.79 Å². The molecule has 2 aromatic rings. The lowest BCUT2D eigenvalue weighted by molar-refractivity contribution is -0.119. The van der Waals surface area contributed by atoms with Crippen molar-refractivity contribution in [2.24, 2.45) is 11.8 Å². The van der Waals surface area contributed by atoms with Crippen LogP contribution in [0.4, 0.5) is 0 Å². The van der Waals surface area contributed by atoms with E-state index in [0.717, 1.165) is 23.4 Å². The predicted molar refractivity (Wildman–Crippen MR) is 119 cm³/mol. The van der Waals surface area contributed by atoms with Crippen LogP contribution in [-0.4, -0.2) is 28.9 Å². The van der Waals surface area contributed by atoms with Gasteiger partial charge in [-0.15, -0.1) is 23.5 Å². The summed E-state index contributed by atoms with van der Waals surface area (Å²) in [6.07, 6.45) is 5.65. The third kappa shape index (κ3) is 5.35. The molecule has 0 radical (unpaired) electrons. The van der Waals surface area contributed by atoms with Crippen LogP contribution in [-0.2, 0) is 10.5 Å². The second-order valence-electron chi connectivity index (χ2n) is 7.68. The summed E-state index contributed by atoms with van der Waals surface area (Å²) >= 11 is 3.31.